The van der Waals surface area contributed by atoms with E-state index in [9.17, 15) is 26.7 Å². The first kappa shape index (κ1) is 22.2. The van der Waals surface area contributed by atoms with Crippen LogP contribution in [0.3, 0.4) is 0 Å². The third kappa shape index (κ3) is 4.19. The molecule has 4 nitrogen and oxygen atoms in total. The number of amides is 1. The summed E-state index contributed by atoms with van der Waals surface area (Å²) < 4.78 is 76.0. The van der Waals surface area contributed by atoms with Crippen LogP contribution in [-0.2, 0) is 10.5 Å². The topological polar surface area (TPSA) is 41.6 Å². The number of carbonyl (C=O) groups is 1. The number of nitrogens with zero attached hydrogens (tertiary/aromatic N) is 1. The zero-order valence-electron chi connectivity index (χ0n) is 16.2. The Bertz CT molecular complexity index is 944. The Morgan fingerprint density at radius 2 is 1.80 bits per heavy atom. The summed E-state index contributed by atoms with van der Waals surface area (Å²) in [5, 5.41) is 0. The van der Waals surface area contributed by atoms with Crippen molar-refractivity contribution in [1.29, 1.82) is 0 Å². The summed E-state index contributed by atoms with van der Waals surface area (Å²) in [5.74, 6) is -6.04. The van der Waals surface area contributed by atoms with Gasteiger partial charge >= 0.3 is 6.09 Å². The molecule has 1 aliphatic rings. The number of hydrogen-bond donors (Lipinski definition) is 1. The molecule has 0 saturated heterocycles. The van der Waals surface area contributed by atoms with Gasteiger partial charge in [-0.25, -0.2) is 22.4 Å². The molecule has 0 spiro atoms. The molecule has 2 aromatic rings. The Balaban J connectivity index is 1.75. The van der Waals surface area contributed by atoms with E-state index in [1.165, 1.54) is 4.90 Å². The van der Waals surface area contributed by atoms with Gasteiger partial charge in [-0.15, -0.1) is 0 Å². The fraction of sp³-hybridized carbons (Fsp3) is 0.350. The normalized spacial score (nSPS) is 15.8. The van der Waals surface area contributed by atoms with Gasteiger partial charge in [-0.1, -0.05) is 0 Å². The number of rotatable bonds is 7. The van der Waals surface area contributed by atoms with Crippen LogP contribution in [0.5, 0.6) is 0 Å². The lowest BCUT2D eigenvalue weighted by Gasteiger charge is -2.32. The number of halogens is 5. The van der Waals surface area contributed by atoms with Crippen LogP contribution in [0, 0.1) is 30.2 Å². The van der Waals surface area contributed by atoms with Crippen molar-refractivity contribution in [3.8, 4) is 0 Å². The molecule has 1 unspecified atom stereocenters. The number of alkyl halides is 1. The number of benzene rings is 2. The Morgan fingerprint density at radius 1 is 1.13 bits per heavy atom. The predicted octanol–water partition coefficient (Wildman–Crippen LogP) is 6.19. The molecular formula is C20H19F5N2O2S. The highest BCUT2D eigenvalue weighted by atomic mass is 32.2. The molecule has 0 saturated carbocycles. The van der Waals surface area contributed by atoms with Gasteiger partial charge < -0.3 is 9.46 Å². The van der Waals surface area contributed by atoms with Gasteiger partial charge in [0, 0.05) is 34.7 Å². The smallest absolute Gasteiger partial charge is 0.414 e. The quantitative estimate of drug-likeness (QED) is 0.313. The first-order valence-electron chi connectivity index (χ1n) is 9.13. The molecule has 2 aromatic carbocycles. The number of fused-ring (bicyclic) bond motifs is 1. The van der Waals surface area contributed by atoms with Gasteiger partial charge in [-0.05, 0) is 50.4 Å². The van der Waals surface area contributed by atoms with Crippen molar-refractivity contribution < 1.29 is 31.5 Å². The molecule has 1 heterocycles. The van der Waals surface area contributed by atoms with Crippen molar-refractivity contribution in [2.45, 2.75) is 32.1 Å². The molecular weight excluding hydrogens is 427 g/mol. The second-order valence-corrected chi connectivity index (χ2v) is 7.53. The molecule has 1 atom stereocenters. The Morgan fingerprint density at radius 3 is 2.43 bits per heavy atom. The van der Waals surface area contributed by atoms with Crippen LogP contribution in [0.4, 0.5) is 38.1 Å². The summed E-state index contributed by atoms with van der Waals surface area (Å²) in [6.07, 6.45) is -0.941. The molecule has 3 rings (SSSR count). The van der Waals surface area contributed by atoms with E-state index in [2.05, 4.69) is 4.72 Å². The second kappa shape index (κ2) is 9.11. The highest BCUT2D eigenvalue weighted by Gasteiger charge is 2.30. The van der Waals surface area contributed by atoms with E-state index < -0.39 is 53.3 Å². The van der Waals surface area contributed by atoms with Crippen molar-refractivity contribution in [3.05, 3.63) is 58.2 Å². The highest BCUT2D eigenvalue weighted by Crippen LogP contribution is 2.37. The Kier molecular flexibility index (Phi) is 6.74. The van der Waals surface area contributed by atoms with Crippen LogP contribution >= 0.6 is 11.9 Å². The van der Waals surface area contributed by atoms with E-state index in [-0.39, 0.29) is 18.7 Å². The lowest BCUT2D eigenvalue weighted by Crippen LogP contribution is -2.37. The second-order valence-electron chi connectivity index (χ2n) is 6.74. The molecule has 162 valence electrons. The molecule has 30 heavy (non-hydrogen) atoms. The molecule has 10 heteroatoms. The number of carbonyl (C=O) groups excluding carboxylic acids is 1. The average Bonchev–Trinajstić information content (AvgIpc) is 2.73. The van der Waals surface area contributed by atoms with Crippen molar-refractivity contribution in [2.24, 2.45) is 0 Å². The number of nitrogens with one attached hydrogen (secondary N) is 1. The first-order valence-corrected chi connectivity index (χ1v) is 10.1. The third-order valence-corrected chi connectivity index (χ3v) is 5.56. The van der Waals surface area contributed by atoms with Gasteiger partial charge in [0.05, 0.1) is 12.4 Å². The molecule has 1 N–H and O–H groups in total. The molecule has 0 aromatic heterocycles. The lowest BCUT2D eigenvalue weighted by molar-refractivity contribution is 0.107. The standard InChI is InChI=1S/C20H19F5N2O2S/c1-10-16(22)18(24)14(19(25)17(10)23)9-30-26-12-4-5-15-13(8-12)11(2)29-20(28)27(15)7-3-6-21/h4-5,8,11,26H,3,6-7,9H2,1-2H3. The van der Waals surface area contributed by atoms with E-state index in [1.54, 1.807) is 25.1 Å². The van der Waals surface area contributed by atoms with E-state index in [1.807, 2.05) is 0 Å². The Hall–Kier alpha value is -2.49. The Labute approximate surface area is 174 Å². The largest absolute Gasteiger partial charge is 0.441 e. The summed E-state index contributed by atoms with van der Waals surface area (Å²) >= 11 is 0.844. The van der Waals surface area contributed by atoms with Crippen LogP contribution in [-0.4, -0.2) is 19.3 Å². The maximum absolute atomic E-state index is 14.0. The van der Waals surface area contributed by atoms with Crippen molar-refractivity contribution in [2.75, 3.05) is 22.8 Å². The number of cyclic esters (lactones) is 1. The van der Waals surface area contributed by atoms with Gasteiger partial charge in [-0.3, -0.25) is 9.29 Å². The number of anilines is 2. The van der Waals surface area contributed by atoms with Crippen LogP contribution in [0.2, 0.25) is 0 Å². The zero-order valence-corrected chi connectivity index (χ0v) is 17.0. The highest BCUT2D eigenvalue weighted by molar-refractivity contribution is 7.99. The summed E-state index contributed by atoms with van der Waals surface area (Å²) in [6, 6.07) is 4.97. The first-order chi connectivity index (χ1) is 14.3. The summed E-state index contributed by atoms with van der Waals surface area (Å²) in [6.45, 7) is 2.24. The molecule has 0 aliphatic carbocycles. The summed E-state index contributed by atoms with van der Waals surface area (Å²) in [4.78, 5) is 13.4. The summed E-state index contributed by atoms with van der Waals surface area (Å²) in [5.41, 5.74) is 0.377. The number of ether oxygens (including phenoxy) is 1. The van der Waals surface area contributed by atoms with Gasteiger partial charge in [0.1, 0.15) is 6.10 Å². The average molecular weight is 446 g/mol. The maximum Gasteiger partial charge on any atom is 0.414 e. The minimum absolute atomic E-state index is 0.166. The molecule has 0 fully saturated rings. The maximum atomic E-state index is 14.0. The van der Waals surface area contributed by atoms with E-state index >= 15 is 0 Å². The SMILES string of the molecule is Cc1c(F)c(F)c(CSNc2ccc3c(c2)C(C)OC(=O)N3CCCF)c(F)c1F. The van der Waals surface area contributed by atoms with E-state index in [0.717, 1.165) is 18.9 Å². The van der Waals surface area contributed by atoms with Crippen molar-refractivity contribution in [1.82, 2.24) is 0 Å². The van der Waals surface area contributed by atoms with Gasteiger partial charge in [-0.2, -0.15) is 0 Å². The van der Waals surface area contributed by atoms with E-state index in [0.29, 0.717) is 16.9 Å². The van der Waals surface area contributed by atoms with Crippen molar-refractivity contribution in [3.63, 3.8) is 0 Å². The summed E-state index contributed by atoms with van der Waals surface area (Å²) in [7, 11) is 0. The monoisotopic (exact) mass is 446 g/mol. The molecule has 1 amide bonds. The molecule has 0 radical (unpaired) electrons. The third-order valence-electron chi connectivity index (χ3n) is 4.75. The zero-order chi connectivity index (χ0) is 22.0. The molecule has 0 bridgehead atoms. The van der Waals surface area contributed by atoms with Crippen LogP contribution < -0.4 is 9.62 Å². The fourth-order valence-electron chi connectivity index (χ4n) is 3.10. The van der Waals surface area contributed by atoms with E-state index in [4.69, 9.17) is 4.74 Å². The fourth-order valence-corrected chi connectivity index (χ4v) is 3.86. The minimum Gasteiger partial charge on any atom is -0.441 e. The predicted molar refractivity (Wildman–Crippen MR) is 105 cm³/mol. The number of hydrogen-bond acceptors (Lipinski definition) is 4. The van der Waals surface area contributed by atoms with Crippen LogP contribution in [0.15, 0.2) is 18.2 Å². The van der Waals surface area contributed by atoms with Gasteiger partial charge in [0.2, 0.25) is 0 Å². The van der Waals surface area contributed by atoms with Gasteiger partial charge in [0.25, 0.3) is 0 Å². The van der Waals surface area contributed by atoms with Gasteiger partial charge in [0.15, 0.2) is 23.3 Å². The van der Waals surface area contributed by atoms with Crippen LogP contribution in [0.1, 0.15) is 36.1 Å². The minimum atomic E-state index is -1.42. The molecule has 1 aliphatic heterocycles. The lowest BCUT2D eigenvalue weighted by atomic mass is 10.0. The van der Waals surface area contributed by atoms with Crippen LogP contribution in [0.25, 0.3) is 0 Å². The van der Waals surface area contributed by atoms with Crippen molar-refractivity contribution >= 4 is 29.4 Å².